The van der Waals surface area contributed by atoms with E-state index in [1.807, 2.05) is 6.92 Å². The molecule has 206 valence electrons. The molecule has 0 amide bonds. The van der Waals surface area contributed by atoms with Gasteiger partial charge in [0.15, 0.2) is 5.82 Å². The second kappa shape index (κ2) is 11.2. The smallest absolute Gasteiger partial charge is 0.453 e. The number of pyridine rings is 2. The molecule has 3 aromatic rings. The zero-order chi connectivity index (χ0) is 28.3. The average Bonchev–Trinajstić information content (AvgIpc) is 3.25. The summed E-state index contributed by atoms with van der Waals surface area (Å²) in [5, 5.41) is 12.8. The van der Waals surface area contributed by atoms with Crippen LogP contribution in [-0.4, -0.2) is 57.1 Å². The van der Waals surface area contributed by atoms with E-state index in [0.717, 1.165) is 21.9 Å². The highest BCUT2D eigenvalue weighted by atomic mass is 28.3. The minimum absolute atomic E-state index is 0.0449. The van der Waals surface area contributed by atoms with Crippen LogP contribution in [-0.2, 0) is 22.4 Å². The summed E-state index contributed by atoms with van der Waals surface area (Å²) in [6.07, 6.45) is -1.61. The Labute approximate surface area is 220 Å². The van der Waals surface area contributed by atoms with E-state index >= 15 is 0 Å². The molecule has 3 heterocycles. The molecule has 0 bridgehead atoms. The summed E-state index contributed by atoms with van der Waals surface area (Å²) in [6.45, 7) is 11.7. The minimum atomic E-state index is -4.70. The molecule has 1 N–H and O–H groups in total. The van der Waals surface area contributed by atoms with E-state index in [-0.39, 0.29) is 30.7 Å². The highest BCUT2D eigenvalue weighted by Gasteiger charge is 2.37. The van der Waals surface area contributed by atoms with Gasteiger partial charge in [-0.1, -0.05) is 25.7 Å². The van der Waals surface area contributed by atoms with Gasteiger partial charge in [0.05, 0.1) is 5.41 Å². The van der Waals surface area contributed by atoms with Gasteiger partial charge < -0.3 is 14.6 Å². The van der Waals surface area contributed by atoms with Crippen molar-refractivity contribution in [2.45, 2.75) is 59.4 Å². The van der Waals surface area contributed by atoms with Crippen LogP contribution in [0.4, 0.5) is 13.2 Å². The maximum absolute atomic E-state index is 13.3. The maximum atomic E-state index is 13.3. The first-order valence-electron chi connectivity index (χ1n) is 12.0. The number of rotatable bonds is 11. The molecule has 0 aromatic carbocycles. The Balaban J connectivity index is 1.80. The Kier molecular flexibility index (Phi) is 8.61. The molecule has 38 heavy (non-hydrogen) atoms. The van der Waals surface area contributed by atoms with E-state index in [1.54, 1.807) is 38.2 Å². The molecule has 13 heteroatoms. The number of halogens is 3. The quantitative estimate of drug-likeness (QED) is 0.245. The minimum Gasteiger partial charge on any atom is -0.481 e. The first-order chi connectivity index (χ1) is 17.6. The maximum Gasteiger partial charge on any atom is 0.453 e. The molecule has 0 radical (unpaired) electrons. The van der Waals surface area contributed by atoms with E-state index in [4.69, 9.17) is 9.47 Å². The third-order valence-corrected chi connectivity index (χ3v) is 7.39. The molecule has 0 fully saturated rings. The van der Waals surface area contributed by atoms with Gasteiger partial charge in [-0.25, -0.2) is 14.6 Å². The number of alkyl halides is 3. The number of nitrogens with zero attached hydrogens (tertiary/aromatic N) is 5. The summed E-state index contributed by atoms with van der Waals surface area (Å²) in [6, 6.07) is 5.83. The van der Waals surface area contributed by atoms with Gasteiger partial charge in [-0.05, 0) is 38.4 Å². The highest BCUT2D eigenvalue weighted by molar-refractivity contribution is 6.76. The van der Waals surface area contributed by atoms with Gasteiger partial charge in [-0.15, -0.1) is 5.10 Å². The van der Waals surface area contributed by atoms with Gasteiger partial charge in [0, 0.05) is 44.3 Å². The summed E-state index contributed by atoms with van der Waals surface area (Å²) in [4.78, 5) is 23.5. The number of ether oxygens (including phenoxy) is 2. The summed E-state index contributed by atoms with van der Waals surface area (Å²) >= 11 is 0. The van der Waals surface area contributed by atoms with Crippen LogP contribution in [0.15, 0.2) is 30.6 Å². The predicted octanol–water partition coefficient (Wildman–Crippen LogP) is 5.53. The summed E-state index contributed by atoms with van der Waals surface area (Å²) in [5.41, 5.74) is 1.37. The molecule has 0 aliphatic rings. The van der Waals surface area contributed by atoms with Crippen molar-refractivity contribution in [2.24, 2.45) is 5.41 Å². The lowest BCUT2D eigenvalue weighted by Gasteiger charge is -2.19. The second-order valence-electron chi connectivity index (χ2n) is 10.9. The fraction of sp³-hybridized carbons (Fsp3) is 0.480. The van der Waals surface area contributed by atoms with Crippen LogP contribution >= 0.6 is 0 Å². The molecule has 0 saturated carbocycles. The number of aromatic nitrogens is 5. The van der Waals surface area contributed by atoms with Crippen molar-refractivity contribution in [1.82, 2.24) is 24.7 Å². The number of carboxylic acids is 1. The largest absolute Gasteiger partial charge is 0.481 e. The van der Waals surface area contributed by atoms with E-state index in [9.17, 15) is 23.1 Å². The van der Waals surface area contributed by atoms with Crippen molar-refractivity contribution < 1.29 is 32.5 Å². The van der Waals surface area contributed by atoms with Crippen molar-refractivity contribution in [2.75, 3.05) is 13.2 Å². The normalized spacial score (nSPS) is 12.6. The highest BCUT2D eigenvalue weighted by Crippen LogP contribution is 2.30. The zero-order valence-corrected chi connectivity index (χ0v) is 23.3. The van der Waals surface area contributed by atoms with Crippen LogP contribution in [0.3, 0.4) is 0 Å². The SMILES string of the molecule is Cc1cc(OCC(C)(C)C(=O)O)ncc1-c1ccc(-c2nc(C(F)(F)F)nn2COCC[Si](C)(C)C)nc1. The van der Waals surface area contributed by atoms with Crippen molar-refractivity contribution >= 4 is 14.0 Å². The third-order valence-electron chi connectivity index (χ3n) is 5.68. The summed E-state index contributed by atoms with van der Waals surface area (Å²) in [5.74, 6) is -1.99. The summed E-state index contributed by atoms with van der Waals surface area (Å²) < 4.78 is 52.2. The van der Waals surface area contributed by atoms with Gasteiger partial charge in [-0.2, -0.15) is 13.2 Å². The van der Waals surface area contributed by atoms with Crippen molar-refractivity contribution in [1.29, 1.82) is 0 Å². The van der Waals surface area contributed by atoms with Crippen LogP contribution in [0.5, 0.6) is 5.88 Å². The third kappa shape index (κ3) is 7.60. The fourth-order valence-electron chi connectivity index (χ4n) is 3.18. The van der Waals surface area contributed by atoms with E-state index in [2.05, 4.69) is 39.7 Å². The van der Waals surface area contributed by atoms with Crippen molar-refractivity contribution in [3.8, 4) is 28.5 Å². The number of carboxylic acid groups (broad SMARTS) is 1. The van der Waals surface area contributed by atoms with E-state index in [0.29, 0.717) is 12.2 Å². The Morgan fingerprint density at radius 1 is 1.13 bits per heavy atom. The first kappa shape index (κ1) is 29.2. The number of aliphatic carboxylic acids is 1. The lowest BCUT2D eigenvalue weighted by Crippen LogP contribution is -2.30. The Hall–Kier alpha value is -3.32. The van der Waals surface area contributed by atoms with Gasteiger partial charge in [0.2, 0.25) is 5.88 Å². The molecule has 3 aromatic heterocycles. The fourth-order valence-corrected chi connectivity index (χ4v) is 3.94. The number of hydrogen-bond donors (Lipinski definition) is 1. The molecule has 0 aliphatic heterocycles. The molecule has 0 unspecified atom stereocenters. The average molecular weight is 552 g/mol. The monoisotopic (exact) mass is 551 g/mol. The van der Waals surface area contributed by atoms with Gasteiger partial charge in [0.1, 0.15) is 19.0 Å². The van der Waals surface area contributed by atoms with Gasteiger partial charge in [-0.3, -0.25) is 9.78 Å². The topological polar surface area (TPSA) is 112 Å². The molecule has 3 rings (SSSR count). The molecule has 0 aliphatic carbocycles. The van der Waals surface area contributed by atoms with E-state index in [1.165, 1.54) is 6.20 Å². The molecular weight excluding hydrogens is 519 g/mol. The van der Waals surface area contributed by atoms with E-state index < -0.39 is 31.5 Å². The standard InChI is InChI=1S/C25H32F3N5O4Si/c1-16-11-20(37-14-24(2,3)23(34)35)30-13-18(16)17-7-8-19(29-12-17)21-31-22(25(26,27)28)32-33(21)15-36-9-10-38(4,5)6/h7-8,11-13H,9-10,14-15H2,1-6H3,(H,34,35). The van der Waals surface area contributed by atoms with Gasteiger partial charge >= 0.3 is 12.1 Å². The van der Waals surface area contributed by atoms with Crippen molar-refractivity contribution in [3.63, 3.8) is 0 Å². The van der Waals surface area contributed by atoms with Crippen LogP contribution in [0.2, 0.25) is 25.7 Å². The van der Waals surface area contributed by atoms with Crippen LogP contribution in [0.25, 0.3) is 22.6 Å². The second-order valence-corrected chi connectivity index (χ2v) is 16.5. The number of aryl methyl sites for hydroxylation is 1. The lowest BCUT2D eigenvalue weighted by molar-refractivity contribution is -0.148. The number of hydrogen-bond acceptors (Lipinski definition) is 7. The molecule has 0 saturated heterocycles. The van der Waals surface area contributed by atoms with Crippen LogP contribution in [0, 0.1) is 12.3 Å². The molecule has 0 atom stereocenters. The summed E-state index contributed by atoms with van der Waals surface area (Å²) in [7, 11) is -1.36. The van der Waals surface area contributed by atoms with Crippen LogP contribution < -0.4 is 4.74 Å². The Morgan fingerprint density at radius 3 is 2.39 bits per heavy atom. The lowest BCUT2D eigenvalue weighted by atomic mass is 9.95. The molecular formula is C25H32F3N5O4Si. The van der Waals surface area contributed by atoms with Gasteiger partial charge in [0.25, 0.3) is 5.82 Å². The first-order valence-corrected chi connectivity index (χ1v) is 15.7. The predicted molar refractivity (Wildman–Crippen MR) is 137 cm³/mol. The Bertz CT molecular complexity index is 1270. The Morgan fingerprint density at radius 2 is 1.84 bits per heavy atom. The molecule has 0 spiro atoms. The zero-order valence-electron chi connectivity index (χ0n) is 22.3. The van der Waals surface area contributed by atoms with Crippen molar-refractivity contribution in [3.05, 3.63) is 42.0 Å². The van der Waals surface area contributed by atoms with Crippen LogP contribution in [0.1, 0.15) is 25.2 Å². The number of carbonyl (C=O) groups is 1. The molecule has 9 nitrogen and oxygen atoms in total.